The van der Waals surface area contributed by atoms with Gasteiger partial charge in [0, 0.05) is 51.8 Å². The fourth-order valence-corrected chi connectivity index (χ4v) is 4.37. The molecule has 1 amide bonds. The second-order valence-electron chi connectivity index (χ2n) is 9.12. The molecule has 4 rings (SSSR count). The number of amides is 1. The van der Waals surface area contributed by atoms with Crippen molar-refractivity contribution in [3.8, 4) is 11.5 Å². The lowest BCUT2D eigenvalue weighted by atomic mass is 10.1. The minimum Gasteiger partial charge on any atom is -0.490 e. The Hall–Kier alpha value is -2.29. The first kappa shape index (κ1) is 23.9. The maximum absolute atomic E-state index is 13.5. The normalized spacial score (nSPS) is 18.9. The Kier molecular flexibility index (Phi) is 7.78. The summed E-state index contributed by atoms with van der Waals surface area (Å²) in [5, 5.41) is 4.84. The average Bonchev–Trinajstić information content (AvgIpc) is 2.99. The van der Waals surface area contributed by atoms with Crippen molar-refractivity contribution < 1.29 is 19.0 Å². The predicted molar refractivity (Wildman–Crippen MR) is 126 cm³/mol. The SMILES string of the molecule is CC(C)CN(Cc1ccc2c(c1)OCCCO2)C(=O)C1CN(Cc2cnn(C)c2Cl)CCO1. The Morgan fingerprint density at radius 2 is 2.03 bits per heavy atom. The molecule has 2 aliphatic rings. The molecule has 2 aromatic rings. The van der Waals surface area contributed by atoms with Crippen LogP contribution >= 0.6 is 11.6 Å². The maximum atomic E-state index is 13.5. The van der Waals surface area contributed by atoms with Crippen LogP contribution in [0.2, 0.25) is 5.15 Å². The van der Waals surface area contributed by atoms with Crippen LogP contribution in [-0.2, 0) is 29.7 Å². The number of fused-ring (bicyclic) bond motifs is 1. The van der Waals surface area contributed by atoms with E-state index < -0.39 is 6.10 Å². The molecule has 0 spiro atoms. The van der Waals surface area contributed by atoms with E-state index in [1.807, 2.05) is 30.1 Å². The summed E-state index contributed by atoms with van der Waals surface area (Å²) in [4.78, 5) is 17.6. The van der Waals surface area contributed by atoms with E-state index in [0.717, 1.165) is 35.6 Å². The first-order valence-corrected chi connectivity index (χ1v) is 12.0. The number of hydrogen-bond donors (Lipinski definition) is 0. The summed E-state index contributed by atoms with van der Waals surface area (Å²) in [6, 6.07) is 5.93. The van der Waals surface area contributed by atoms with Crippen LogP contribution in [0.5, 0.6) is 11.5 Å². The zero-order valence-corrected chi connectivity index (χ0v) is 20.4. The van der Waals surface area contributed by atoms with E-state index in [1.54, 1.807) is 10.9 Å². The number of ether oxygens (including phenoxy) is 3. The lowest BCUT2D eigenvalue weighted by molar-refractivity contribution is -0.151. The van der Waals surface area contributed by atoms with Gasteiger partial charge in [-0.25, -0.2) is 0 Å². The van der Waals surface area contributed by atoms with Crippen LogP contribution in [0.25, 0.3) is 0 Å². The van der Waals surface area contributed by atoms with Gasteiger partial charge < -0.3 is 19.1 Å². The third-order valence-corrected chi connectivity index (χ3v) is 6.33. The van der Waals surface area contributed by atoms with Crippen LogP contribution in [0.15, 0.2) is 24.4 Å². The summed E-state index contributed by atoms with van der Waals surface area (Å²) in [7, 11) is 1.82. The molecule has 1 saturated heterocycles. The highest BCUT2D eigenvalue weighted by molar-refractivity contribution is 6.30. The number of halogens is 1. The molecule has 3 heterocycles. The van der Waals surface area contributed by atoms with Gasteiger partial charge in [0.15, 0.2) is 11.5 Å². The monoisotopic (exact) mass is 476 g/mol. The zero-order valence-electron chi connectivity index (χ0n) is 19.6. The van der Waals surface area contributed by atoms with Crippen molar-refractivity contribution in [1.29, 1.82) is 0 Å². The van der Waals surface area contributed by atoms with Gasteiger partial charge in [0.2, 0.25) is 0 Å². The van der Waals surface area contributed by atoms with Crippen LogP contribution in [0.4, 0.5) is 0 Å². The molecule has 0 radical (unpaired) electrons. The Balaban J connectivity index is 1.44. The Morgan fingerprint density at radius 3 is 2.76 bits per heavy atom. The van der Waals surface area contributed by atoms with Crippen molar-refractivity contribution in [2.24, 2.45) is 13.0 Å². The smallest absolute Gasteiger partial charge is 0.253 e. The third-order valence-electron chi connectivity index (χ3n) is 5.84. The number of benzene rings is 1. The topological polar surface area (TPSA) is 69.1 Å². The highest BCUT2D eigenvalue weighted by atomic mass is 35.5. The molecule has 9 heteroatoms. The summed E-state index contributed by atoms with van der Waals surface area (Å²) in [5.74, 6) is 1.86. The van der Waals surface area contributed by atoms with E-state index in [-0.39, 0.29) is 5.91 Å². The molecule has 1 atom stereocenters. The first-order valence-electron chi connectivity index (χ1n) is 11.6. The maximum Gasteiger partial charge on any atom is 0.253 e. The summed E-state index contributed by atoms with van der Waals surface area (Å²) in [6.07, 6.45) is 2.14. The van der Waals surface area contributed by atoms with E-state index in [2.05, 4.69) is 23.8 Å². The van der Waals surface area contributed by atoms with Crippen LogP contribution in [0.3, 0.4) is 0 Å². The van der Waals surface area contributed by atoms with E-state index in [0.29, 0.717) is 57.1 Å². The number of carbonyl (C=O) groups excluding carboxylic acids is 1. The van der Waals surface area contributed by atoms with Crippen molar-refractivity contribution in [2.75, 3.05) is 39.5 Å². The number of aromatic nitrogens is 2. The third kappa shape index (κ3) is 5.99. The molecule has 1 aromatic carbocycles. The molecular formula is C24H33ClN4O4. The second kappa shape index (κ2) is 10.8. The van der Waals surface area contributed by atoms with Gasteiger partial charge in [-0.15, -0.1) is 0 Å². The van der Waals surface area contributed by atoms with Gasteiger partial charge in [-0.3, -0.25) is 14.4 Å². The number of nitrogens with zero attached hydrogens (tertiary/aromatic N) is 4. The number of aryl methyl sites for hydroxylation is 1. The van der Waals surface area contributed by atoms with Gasteiger partial charge in [-0.1, -0.05) is 31.5 Å². The quantitative estimate of drug-likeness (QED) is 0.611. The van der Waals surface area contributed by atoms with Gasteiger partial charge in [0.25, 0.3) is 5.91 Å². The molecule has 33 heavy (non-hydrogen) atoms. The fraction of sp³-hybridized carbons (Fsp3) is 0.583. The minimum atomic E-state index is -0.506. The highest BCUT2D eigenvalue weighted by Crippen LogP contribution is 2.31. The van der Waals surface area contributed by atoms with Crippen molar-refractivity contribution in [1.82, 2.24) is 19.6 Å². The Morgan fingerprint density at radius 1 is 1.24 bits per heavy atom. The van der Waals surface area contributed by atoms with Crippen molar-refractivity contribution >= 4 is 17.5 Å². The highest BCUT2D eigenvalue weighted by Gasteiger charge is 2.31. The largest absolute Gasteiger partial charge is 0.490 e. The molecule has 0 aliphatic carbocycles. The molecule has 1 unspecified atom stereocenters. The summed E-state index contributed by atoms with van der Waals surface area (Å²) in [5.41, 5.74) is 1.97. The molecule has 180 valence electrons. The Labute approximate surface area is 200 Å². The van der Waals surface area contributed by atoms with Crippen LogP contribution in [-0.4, -0.2) is 71.0 Å². The summed E-state index contributed by atoms with van der Waals surface area (Å²) < 4.78 is 19.1. The van der Waals surface area contributed by atoms with Gasteiger partial charge in [-0.2, -0.15) is 5.10 Å². The molecule has 1 aromatic heterocycles. The molecule has 2 aliphatic heterocycles. The van der Waals surface area contributed by atoms with Crippen molar-refractivity contribution in [3.63, 3.8) is 0 Å². The zero-order chi connectivity index (χ0) is 23.4. The molecule has 0 N–H and O–H groups in total. The minimum absolute atomic E-state index is 0.0118. The second-order valence-corrected chi connectivity index (χ2v) is 9.48. The van der Waals surface area contributed by atoms with Crippen molar-refractivity contribution in [3.05, 3.63) is 40.7 Å². The predicted octanol–water partition coefficient (Wildman–Crippen LogP) is 3.12. The standard InChI is InChI=1S/C24H33ClN4O4/c1-17(2)13-29(14-18-5-6-20-21(11-18)32-9-4-8-31-20)24(30)22-16-28(7-10-33-22)15-19-12-26-27(3)23(19)25/h5-6,11-12,17,22H,4,7-10,13-16H2,1-3H3. The summed E-state index contributed by atoms with van der Waals surface area (Å²) in [6.45, 7) is 9.12. The molecule has 1 fully saturated rings. The van der Waals surface area contributed by atoms with Crippen LogP contribution < -0.4 is 9.47 Å². The van der Waals surface area contributed by atoms with E-state index in [1.165, 1.54) is 0 Å². The van der Waals surface area contributed by atoms with Gasteiger partial charge >= 0.3 is 0 Å². The first-order chi connectivity index (χ1) is 15.9. The van der Waals surface area contributed by atoms with Crippen LogP contribution in [0.1, 0.15) is 31.4 Å². The van der Waals surface area contributed by atoms with Gasteiger partial charge in [0.05, 0.1) is 26.0 Å². The average molecular weight is 477 g/mol. The molecule has 0 bridgehead atoms. The number of rotatable bonds is 7. The van der Waals surface area contributed by atoms with Crippen LogP contribution in [0, 0.1) is 5.92 Å². The number of carbonyl (C=O) groups is 1. The van der Waals surface area contributed by atoms with Gasteiger partial charge in [-0.05, 0) is 23.6 Å². The van der Waals surface area contributed by atoms with Gasteiger partial charge in [0.1, 0.15) is 11.3 Å². The number of morpholine rings is 1. The molecular weight excluding hydrogens is 444 g/mol. The fourth-order valence-electron chi connectivity index (χ4n) is 4.21. The lowest BCUT2D eigenvalue weighted by Crippen LogP contribution is -2.51. The Bertz CT molecular complexity index is 964. The summed E-state index contributed by atoms with van der Waals surface area (Å²) >= 11 is 6.33. The lowest BCUT2D eigenvalue weighted by Gasteiger charge is -2.35. The molecule has 0 saturated carbocycles. The van der Waals surface area contributed by atoms with E-state index >= 15 is 0 Å². The van der Waals surface area contributed by atoms with Crippen molar-refractivity contribution in [2.45, 2.75) is 39.5 Å². The number of hydrogen-bond acceptors (Lipinski definition) is 6. The molecule has 8 nitrogen and oxygen atoms in total. The van der Waals surface area contributed by atoms with E-state index in [4.69, 9.17) is 25.8 Å². The van der Waals surface area contributed by atoms with E-state index in [9.17, 15) is 4.79 Å².